The number of amides is 1. The minimum absolute atomic E-state index is 0.0851. The molecule has 1 rings (SSSR count). The van der Waals surface area contributed by atoms with E-state index in [-0.39, 0.29) is 18.6 Å². The first-order valence-electron chi connectivity index (χ1n) is 6.42. The van der Waals surface area contributed by atoms with E-state index in [1.54, 1.807) is 6.07 Å². The van der Waals surface area contributed by atoms with Crippen LogP contribution in [-0.4, -0.2) is 24.5 Å². The molecule has 0 radical (unpaired) electrons. The largest absolute Gasteiger partial charge is 0.461 e. The van der Waals surface area contributed by atoms with Crippen molar-refractivity contribution in [2.45, 2.75) is 40.2 Å². The molecule has 0 bridgehead atoms. The van der Waals surface area contributed by atoms with E-state index in [0.29, 0.717) is 10.8 Å². The van der Waals surface area contributed by atoms with Crippen molar-refractivity contribution >= 4 is 23.2 Å². The second-order valence-electron chi connectivity index (χ2n) is 5.02. The zero-order valence-electron chi connectivity index (χ0n) is 11.9. The lowest BCUT2D eigenvalue weighted by Gasteiger charge is -2.15. The van der Waals surface area contributed by atoms with Gasteiger partial charge < -0.3 is 10.1 Å². The number of ether oxygens (including phenoxy) is 1. The quantitative estimate of drug-likeness (QED) is 0.817. The van der Waals surface area contributed by atoms with Gasteiger partial charge in [0.15, 0.2) is 0 Å². The second kappa shape index (κ2) is 7.28. The standard InChI is InChI=1S/C14H21NO3S/c1-9(2)7-10(3)18-13(16)8-15-14(17)12-6-5-11(4)19-12/h5-6,9-10H,7-8H2,1-4H3,(H,15,17)/t10-/m0/s1. The summed E-state index contributed by atoms with van der Waals surface area (Å²) in [6, 6.07) is 3.63. The number of carbonyl (C=O) groups excluding carboxylic acids is 2. The first-order chi connectivity index (χ1) is 8.88. The Morgan fingerprint density at radius 2 is 2.00 bits per heavy atom. The highest BCUT2D eigenvalue weighted by Crippen LogP contribution is 2.14. The number of hydrogen-bond donors (Lipinski definition) is 1. The Hall–Kier alpha value is -1.36. The van der Waals surface area contributed by atoms with Crippen LogP contribution in [0.4, 0.5) is 0 Å². The molecule has 106 valence electrons. The van der Waals surface area contributed by atoms with Gasteiger partial charge in [-0.05, 0) is 38.3 Å². The molecule has 5 heteroatoms. The van der Waals surface area contributed by atoms with Crippen molar-refractivity contribution in [3.63, 3.8) is 0 Å². The van der Waals surface area contributed by atoms with Gasteiger partial charge in [-0.1, -0.05) is 13.8 Å². The third kappa shape index (κ3) is 5.87. The molecule has 0 aliphatic rings. The van der Waals surface area contributed by atoms with Crippen LogP contribution in [0.3, 0.4) is 0 Å². The zero-order chi connectivity index (χ0) is 14.4. The van der Waals surface area contributed by atoms with Gasteiger partial charge in [-0.15, -0.1) is 11.3 Å². The van der Waals surface area contributed by atoms with E-state index < -0.39 is 5.97 Å². The Morgan fingerprint density at radius 3 is 2.53 bits per heavy atom. The lowest BCUT2D eigenvalue weighted by atomic mass is 10.1. The molecule has 1 aromatic rings. The summed E-state index contributed by atoms with van der Waals surface area (Å²) in [5.74, 6) is -0.146. The summed E-state index contributed by atoms with van der Waals surface area (Å²) in [6.45, 7) is 7.86. The molecule has 0 saturated heterocycles. The lowest BCUT2D eigenvalue weighted by Crippen LogP contribution is -2.32. The fourth-order valence-corrected chi connectivity index (χ4v) is 2.56. The van der Waals surface area contributed by atoms with E-state index in [0.717, 1.165) is 11.3 Å². The monoisotopic (exact) mass is 283 g/mol. The minimum Gasteiger partial charge on any atom is -0.461 e. The number of thiophene rings is 1. The summed E-state index contributed by atoms with van der Waals surface area (Å²) in [7, 11) is 0. The molecule has 0 aliphatic carbocycles. The maximum Gasteiger partial charge on any atom is 0.325 e. The summed E-state index contributed by atoms with van der Waals surface area (Å²) < 4.78 is 5.20. The first kappa shape index (κ1) is 15.7. The molecule has 1 amide bonds. The fourth-order valence-electron chi connectivity index (χ4n) is 1.77. The van der Waals surface area contributed by atoms with E-state index in [4.69, 9.17) is 4.74 Å². The van der Waals surface area contributed by atoms with Gasteiger partial charge in [0.05, 0.1) is 11.0 Å². The third-order valence-corrected chi connectivity index (χ3v) is 3.49. The van der Waals surface area contributed by atoms with E-state index in [1.165, 1.54) is 11.3 Å². The molecule has 0 aromatic carbocycles. The smallest absolute Gasteiger partial charge is 0.325 e. The van der Waals surface area contributed by atoms with Crippen molar-refractivity contribution < 1.29 is 14.3 Å². The summed E-state index contributed by atoms with van der Waals surface area (Å²) >= 11 is 1.41. The Labute approximate surface area is 118 Å². The molecule has 0 aliphatic heterocycles. The molecule has 1 heterocycles. The Bertz CT molecular complexity index is 440. The third-order valence-electron chi connectivity index (χ3n) is 2.49. The summed E-state index contributed by atoms with van der Waals surface area (Å²) in [5, 5.41) is 2.57. The van der Waals surface area contributed by atoms with Crippen molar-refractivity contribution in [1.29, 1.82) is 0 Å². The number of hydrogen-bond acceptors (Lipinski definition) is 4. The van der Waals surface area contributed by atoms with Gasteiger partial charge in [0.2, 0.25) is 0 Å². The van der Waals surface area contributed by atoms with Crippen molar-refractivity contribution in [3.05, 3.63) is 21.9 Å². The van der Waals surface area contributed by atoms with Crippen LogP contribution < -0.4 is 5.32 Å². The van der Waals surface area contributed by atoms with Gasteiger partial charge in [0.1, 0.15) is 6.54 Å². The number of nitrogens with one attached hydrogen (secondary N) is 1. The summed E-state index contributed by atoms with van der Waals surface area (Å²) in [4.78, 5) is 24.9. The molecular weight excluding hydrogens is 262 g/mol. The number of esters is 1. The maximum absolute atomic E-state index is 11.7. The normalized spacial score (nSPS) is 12.3. The van der Waals surface area contributed by atoms with E-state index in [1.807, 2.05) is 19.9 Å². The topological polar surface area (TPSA) is 55.4 Å². The van der Waals surface area contributed by atoms with Crippen molar-refractivity contribution in [1.82, 2.24) is 5.32 Å². The van der Waals surface area contributed by atoms with Crippen LogP contribution >= 0.6 is 11.3 Å². The van der Waals surface area contributed by atoms with Crippen LogP contribution in [0.15, 0.2) is 12.1 Å². The van der Waals surface area contributed by atoms with Gasteiger partial charge in [-0.2, -0.15) is 0 Å². The van der Waals surface area contributed by atoms with Crippen LogP contribution in [0, 0.1) is 12.8 Å². The Kier molecular flexibility index (Phi) is 6.02. The summed E-state index contributed by atoms with van der Waals surface area (Å²) in [6.07, 6.45) is 0.706. The average molecular weight is 283 g/mol. The Balaban J connectivity index is 2.32. The maximum atomic E-state index is 11.7. The van der Waals surface area contributed by atoms with E-state index in [2.05, 4.69) is 19.2 Å². The van der Waals surface area contributed by atoms with Crippen molar-refractivity contribution in [2.75, 3.05) is 6.54 Å². The molecule has 4 nitrogen and oxygen atoms in total. The number of rotatable bonds is 6. The van der Waals surface area contributed by atoms with Crippen LogP contribution in [0.25, 0.3) is 0 Å². The van der Waals surface area contributed by atoms with E-state index >= 15 is 0 Å². The lowest BCUT2D eigenvalue weighted by molar-refractivity contribution is -0.147. The Morgan fingerprint density at radius 1 is 1.32 bits per heavy atom. The molecule has 19 heavy (non-hydrogen) atoms. The van der Waals surface area contributed by atoms with Crippen LogP contribution in [0.5, 0.6) is 0 Å². The number of aryl methyl sites for hydroxylation is 1. The molecule has 0 unspecified atom stereocenters. The molecule has 0 saturated carbocycles. The predicted octanol–water partition coefficient (Wildman–Crippen LogP) is 2.76. The SMILES string of the molecule is Cc1ccc(C(=O)NCC(=O)O[C@@H](C)CC(C)C)s1. The van der Waals surface area contributed by atoms with Gasteiger partial charge in [-0.25, -0.2) is 0 Å². The van der Waals surface area contributed by atoms with Gasteiger partial charge >= 0.3 is 5.97 Å². The molecule has 1 aromatic heterocycles. The zero-order valence-corrected chi connectivity index (χ0v) is 12.7. The average Bonchev–Trinajstić information content (AvgIpc) is 2.71. The molecule has 1 N–H and O–H groups in total. The van der Waals surface area contributed by atoms with E-state index in [9.17, 15) is 9.59 Å². The number of carbonyl (C=O) groups is 2. The molecule has 0 fully saturated rings. The highest BCUT2D eigenvalue weighted by atomic mass is 32.1. The fraction of sp³-hybridized carbons (Fsp3) is 0.571. The van der Waals surface area contributed by atoms with Crippen LogP contribution in [0.1, 0.15) is 41.7 Å². The van der Waals surface area contributed by atoms with Gasteiger partial charge in [0, 0.05) is 4.88 Å². The van der Waals surface area contributed by atoms with Crippen LogP contribution in [-0.2, 0) is 9.53 Å². The van der Waals surface area contributed by atoms with Crippen molar-refractivity contribution in [3.8, 4) is 0 Å². The minimum atomic E-state index is -0.394. The summed E-state index contributed by atoms with van der Waals surface area (Å²) in [5.41, 5.74) is 0. The van der Waals surface area contributed by atoms with Gasteiger partial charge in [0.25, 0.3) is 5.91 Å². The van der Waals surface area contributed by atoms with Crippen LogP contribution in [0.2, 0.25) is 0 Å². The first-order valence-corrected chi connectivity index (χ1v) is 7.24. The highest BCUT2D eigenvalue weighted by molar-refractivity contribution is 7.13. The molecular formula is C14H21NO3S. The molecule has 0 spiro atoms. The second-order valence-corrected chi connectivity index (χ2v) is 6.31. The van der Waals surface area contributed by atoms with Gasteiger partial charge in [-0.3, -0.25) is 9.59 Å². The highest BCUT2D eigenvalue weighted by Gasteiger charge is 2.13. The predicted molar refractivity (Wildman–Crippen MR) is 76.4 cm³/mol. The van der Waals surface area contributed by atoms with Crippen molar-refractivity contribution in [2.24, 2.45) is 5.92 Å². The molecule has 1 atom stereocenters.